The molecule has 0 aliphatic carbocycles. The van der Waals surface area contributed by atoms with Gasteiger partial charge in [0.25, 0.3) is 0 Å². The van der Waals surface area contributed by atoms with Crippen molar-refractivity contribution >= 4 is 23.0 Å². The molecule has 0 saturated carbocycles. The van der Waals surface area contributed by atoms with E-state index in [2.05, 4.69) is 15.5 Å². The minimum absolute atomic E-state index is 0.0820. The number of benzene rings is 3. The van der Waals surface area contributed by atoms with Crippen LogP contribution in [0.4, 0.5) is 32.0 Å². The summed E-state index contributed by atoms with van der Waals surface area (Å²) in [5.74, 6) is 0. The quantitative estimate of drug-likeness (QED) is 0.250. The number of thiocarbonyl (C=S) groups is 1. The fourth-order valence-electron chi connectivity index (χ4n) is 4.62. The predicted octanol–water partition coefficient (Wildman–Crippen LogP) is 7.59. The first-order valence-electron chi connectivity index (χ1n) is 11.7. The highest BCUT2D eigenvalue weighted by molar-refractivity contribution is 7.80. The van der Waals surface area contributed by atoms with E-state index in [0.717, 1.165) is 37.1 Å². The van der Waals surface area contributed by atoms with Crippen molar-refractivity contribution in [1.82, 2.24) is 10.2 Å². The number of nitrogens with zero attached hydrogens (tertiary/aromatic N) is 1. The fraction of sp³-hybridized carbons (Fsp3) is 0.296. The van der Waals surface area contributed by atoms with Crippen molar-refractivity contribution in [2.75, 3.05) is 18.4 Å². The summed E-state index contributed by atoms with van der Waals surface area (Å²) in [4.78, 5) is 2.31. The van der Waals surface area contributed by atoms with Gasteiger partial charge in [0.2, 0.25) is 0 Å². The Morgan fingerprint density at radius 3 is 1.70 bits per heavy atom. The van der Waals surface area contributed by atoms with Gasteiger partial charge in [-0.3, -0.25) is 4.90 Å². The lowest BCUT2D eigenvalue weighted by molar-refractivity contribution is -0.143. The van der Waals surface area contributed by atoms with Crippen LogP contribution in [0.25, 0.3) is 0 Å². The largest absolute Gasteiger partial charge is 0.416 e. The van der Waals surface area contributed by atoms with Gasteiger partial charge in [0.05, 0.1) is 23.2 Å². The predicted molar refractivity (Wildman–Crippen MR) is 135 cm³/mol. The van der Waals surface area contributed by atoms with Crippen molar-refractivity contribution in [3.8, 4) is 0 Å². The molecule has 37 heavy (non-hydrogen) atoms. The summed E-state index contributed by atoms with van der Waals surface area (Å²) in [6.45, 7) is 1.71. The van der Waals surface area contributed by atoms with Crippen molar-refractivity contribution < 1.29 is 26.3 Å². The molecule has 1 fully saturated rings. The molecule has 196 valence electrons. The lowest BCUT2D eigenvalue weighted by atomic mass is 9.92. The zero-order chi connectivity index (χ0) is 26.6. The van der Waals surface area contributed by atoms with Gasteiger partial charge in [-0.05, 0) is 67.5 Å². The molecule has 0 aromatic heterocycles. The molecule has 3 aromatic rings. The third-order valence-corrected chi connectivity index (χ3v) is 6.50. The van der Waals surface area contributed by atoms with E-state index in [1.807, 2.05) is 60.7 Å². The monoisotopic (exact) mass is 537 g/mol. The van der Waals surface area contributed by atoms with Crippen LogP contribution in [-0.2, 0) is 12.4 Å². The maximum atomic E-state index is 13.3. The molecule has 0 unspecified atom stereocenters. The van der Waals surface area contributed by atoms with Gasteiger partial charge in [-0.15, -0.1) is 0 Å². The molecular formula is C27H25F6N3S. The molecule has 2 atom stereocenters. The van der Waals surface area contributed by atoms with Gasteiger partial charge in [0, 0.05) is 5.69 Å². The maximum Gasteiger partial charge on any atom is 0.416 e. The third kappa shape index (κ3) is 6.81. The molecule has 1 aliphatic rings. The minimum Gasteiger partial charge on any atom is -0.354 e. The molecule has 3 nitrogen and oxygen atoms in total. The molecule has 0 spiro atoms. The van der Waals surface area contributed by atoms with E-state index in [9.17, 15) is 26.3 Å². The number of rotatable bonds is 6. The van der Waals surface area contributed by atoms with Gasteiger partial charge < -0.3 is 10.6 Å². The van der Waals surface area contributed by atoms with Crippen LogP contribution in [0.3, 0.4) is 0 Å². The summed E-state index contributed by atoms with van der Waals surface area (Å²) in [5.41, 5.74) is -1.32. The normalized spacial score (nSPS) is 16.3. The molecule has 4 rings (SSSR count). The summed E-state index contributed by atoms with van der Waals surface area (Å²) in [5, 5.41) is 5.67. The van der Waals surface area contributed by atoms with Crippen LogP contribution >= 0.6 is 12.2 Å². The van der Waals surface area contributed by atoms with Crippen molar-refractivity contribution in [2.45, 2.75) is 37.3 Å². The Morgan fingerprint density at radius 2 is 1.22 bits per heavy atom. The number of anilines is 1. The smallest absolute Gasteiger partial charge is 0.354 e. The van der Waals surface area contributed by atoms with E-state index in [4.69, 9.17) is 12.2 Å². The first-order valence-corrected chi connectivity index (χ1v) is 12.1. The van der Waals surface area contributed by atoms with Crippen molar-refractivity contribution in [3.05, 3.63) is 101 Å². The number of hydrogen-bond donors (Lipinski definition) is 2. The Morgan fingerprint density at radius 1 is 0.730 bits per heavy atom. The SMILES string of the molecule is FC(F)(F)c1cc(NC(=S)N[C@@H](c2ccccc2)[C@H](c2ccccc2)N2CCCC2)cc(C(F)(F)F)c1. The Balaban J connectivity index is 1.67. The van der Waals surface area contributed by atoms with Gasteiger partial charge in [-0.25, -0.2) is 0 Å². The Labute approximate surface area is 216 Å². The molecule has 1 saturated heterocycles. The Kier molecular flexibility index (Phi) is 8.08. The van der Waals surface area contributed by atoms with Crippen LogP contribution in [0.2, 0.25) is 0 Å². The zero-order valence-corrected chi connectivity index (χ0v) is 20.4. The molecule has 0 bridgehead atoms. The van der Waals surface area contributed by atoms with Crippen LogP contribution in [0.5, 0.6) is 0 Å². The second kappa shape index (κ2) is 11.1. The van der Waals surface area contributed by atoms with E-state index in [0.29, 0.717) is 12.1 Å². The molecule has 1 aliphatic heterocycles. The Bertz CT molecular complexity index is 1160. The third-order valence-electron chi connectivity index (χ3n) is 6.28. The topological polar surface area (TPSA) is 27.3 Å². The molecule has 1 heterocycles. The number of hydrogen-bond acceptors (Lipinski definition) is 2. The van der Waals surface area contributed by atoms with Gasteiger partial charge in [-0.2, -0.15) is 26.3 Å². The summed E-state index contributed by atoms with van der Waals surface area (Å²) < 4.78 is 79.9. The molecule has 10 heteroatoms. The zero-order valence-electron chi connectivity index (χ0n) is 19.6. The number of alkyl halides is 6. The lowest BCUT2D eigenvalue weighted by Gasteiger charge is -2.36. The highest BCUT2D eigenvalue weighted by Crippen LogP contribution is 2.39. The maximum absolute atomic E-state index is 13.3. The van der Waals surface area contributed by atoms with Crippen molar-refractivity contribution in [1.29, 1.82) is 0 Å². The molecule has 2 N–H and O–H groups in total. The van der Waals surface area contributed by atoms with E-state index >= 15 is 0 Å². The van der Waals surface area contributed by atoms with Crippen molar-refractivity contribution in [3.63, 3.8) is 0 Å². The second-order valence-electron chi connectivity index (χ2n) is 8.88. The highest BCUT2D eigenvalue weighted by Gasteiger charge is 2.37. The number of likely N-dealkylation sites (tertiary alicyclic amines) is 1. The molecule has 0 amide bonds. The first kappa shape index (κ1) is 26.9. The van der Waals surface area contributed by atoms with Crippen LogP contribution in [-0.4, -0.2) is 23.1 Å². The van der Waals surface area contributed by atoms with Gasteiger partial charge in [-0.1, -0.05) is 60.7 Å². The van der Waals surface area contributed by atoms with Crippen LogP contribution < -0.4 is 10.6 Å². The summed E-state index contributed by atoms with van der Waals surface area (Å²) in [6, 6.07) is 19.9. The Hall–Kier alpha value is -3.11. The van der Waals surface area contributed by atoms with E-state index in [1.165, 1.54) is 0 Å². The average Bonchev–Trinajstić information content (AvgIpc) is 3.38. The average molecular weight is 538 g/mol. The standard InChI is InChI=1S/C27H25F6N3S/c28-26(29,30)20-15-21(27(31,32)33)17-22(16-20)34-25(37)35-23(18-9-3-1-4-10-18)24(36-13-7-8-14-36)19-11-5-2-6-12-19/h1-6,9-12,15-17,23-24H,7-8,13-14H2,(H2,34,35,37)/t23-,24-/m0/s1. The van der Waals surface area contributed by atoms with Gasteiger partial charge in [0.1, 0.15) is 0 Å². The molecule has 3 aromatic carbocycles. The molecular weight excluding hydrogens is 512 g/mol. The summed E-state index contributed by atoms with van der Waals surface area (Å²) >= 11 is 5.43. The number of halogens is 6. The lowest BCUT2D eigenvalue weighted by Crippen LogP contribution is -2.41. The van der Waals surface area contributed by atoms with Crippen LogP contribution in [0.1, 0.15) is 47.2 Å². The molecule has 0 radical (unpaired) electrons. The van der Waals surface area contributed by atoms with E-state index < -0.39 is 35.2 Å². The first-order chi connectivity index (χ1) is 17.5. The summed E-state index contributed by atoms with van der Waals surface area (Å²) in [7, 11) is 0. The van der Waals surface area contributed by atoms with E-state index in [-0.39, 0.29) is 17.2 Å². The number of nitrogens with one attached hydrogen (secondary N) is 2. The summed E-state index contributed by atoms with van der Waals surface area (Å²) in [6.07, 6.45) is -7.85. The highest BCUT2D eigenvalue weighted by atomic mass is 32.1. The van der Waals surface area contributed by atoms with Crippen molar-refractivity contribution in [2.24, 2.45) is 0 Å². The van der Waals surface area contributed by atoms with Gasteiger partial charge in [0.15, 0.2) is 5.11 Å². The van der Waals surface area contributed by atoms with Crippen LogP contribution in [0.15, 0.2) is 78.9 Å². The second-order valence-corrected chi connectivity index (χ2v) is 9.29. The van der Waals surface area contributed by atoms with Crippen LogP contribution in [0, 0.1) is 0 Å². The fourth-order valence-corrected chi connectivity index (χ4v) is 4.87. The minimum atomic E-state index is -4.95. The van der Waals surface area contributed by atoms with Gasteiger partial charge >= 0.3 is 12.4 Å². The van der Waals surface area contributed by atoms with E-state index in [1.54, 1.807) is 0 Å².